The second-order valence-corrected chi connectivity index (χ2v) is 7.32. The maximum Gasteiger partial charge on any atom is 0.261 e. The number of hydrogen-bond donors (Lipinski definition) is 1. The fourth-order valence-electron chi connectivity index (χ4n) is 1.63. The smallest absolute Gasteiger partial charge is 0.261 e. The first kappa shape index (κ1) is 17.8. The van der Waals surface area contributed by atoms with Crippen molar-refractivity contribution in [1.82, 2.24) is 5.32 Å². The Labute approximate surface area is 130 Å². The van der Waals surface area contributed by atoms with Crippen molar-refractivity contribution in [3.05, 3.63) is 23.8 Å². The van der Waals surface area contributed by atoms with Crippen LogP contribution < -0.4 is 10.1 Å². The molecular weight excluding hydrogens is 314 g/mol. The van der Waals surface area contributed by atoms with Gasteiger partial charge in [-0.1, -0.05) is 20.3 Å². The highest BCUT2D eigenvalue weighted by Crippen LogP contribution is 2.24. The minimum absolute atomic E-state index is 0.124. The molecule has 1 aromatic carbocycles. The fourth-order valence-corrected chi connectivity index (χ4v) is 2.40. The van der Waals surface area contributed by atoms with Crippen LogP contribution in [0.3, 0.4) is 0 Å². The summed E-state index contributed by atoms with van der Waals surface area (Å²) in [6.07, 6.45) is 0.939. The Kier molecular flexibility index (Phi) is 6.48. The summed E-state index contributed by atoms with van der Waals surface area (Å²) in [7, 11) is 1.42. The Morgan fingerprint density at radius 2 is 2.05 bits per heavy atom. The predicted octanol–water partition coefficient (Wildman–Crippen LogP) is 2.79. The van der Waals surface area contributed by atoms with E-state index >= 15 is 0 Å². The van der Waals surface area contributed by atoms with Gasteiger partial charge in [-0.05, 0) is 31.0 Å². The van der Waals surface area contributed by atoms with Crippen molar-refractivity contribution in [2.75, 3.05) is 13.2 Å². The second-order valence-electron chi connectivity index (χ2n) is 4.75. The number of carbonyl (C=O) groups excluding carboxylic acids is 1. The summed E-state index contributed by atoms with van der Waals surface area (Å²) in [5.41, 5.74) is 0.168. The lowest BCUT2D eigenvalue weighted by Crippen LogP contribution is -2.28. The molecule has 0 saturated carbocycles. The van der Waals surface area contributed by atoms with Gasteiger partial charge in [0.15, 0.2) is 0 Å². The maximum atomic E-state index is 12.2. The first-order valence-corrected chi connectivity index (χ1v) is 9.10. The minimum atomic E-state index is -3.89. The van der Waals surface area contributed by atoms with Gasteiger partial charge in [0.05, 0.1) is 17.1 Å². The molecule has 5 nitrogen and oxygen atoms in total. The van der Waals surface area contributed by atoms with Crippen molar-refractivity contribution in [3.63, 3.8) is 0 Å². The second kappa shape index (κ2) is 7.66. The van der Waals surface area contributed by atoms with Gasteiger partial charge in [0.2, 0.25) is 0 Å². The van der Waals surface area contributed by atoms with Crippen molar-refractivity contribution in [2.24, 2.45) is 5.92 Å². The molecule has 0 aliphatic heterocycles. The van der Waals surface area contributed by atoms with E-state index in [4.69, 9.17) is 15.4 Å². The third-order valence-electron chi connectivity index (χ3n) is 3.09. The van der Waals surface area contributed by atoms with Crippen LogP contribution in [-0.4, -0.2) is 27.5 Å². The topological polar surface area (TPSA) is 72.5 Å². The largest absolute Gasteiger partial charge is 0.493 e. The number of nitrogens with one attached hydrogen (secondary N) is 1. The van der Waals surface area contributed by atoms with Gasteiger partial charge in [0.1, 0.15) is 5.75 Å². The Balaban J connectivity index is 3.08. The molecule has 0 aliphatic rings. The molecule has 0 heterocycles. The molecule has 118 valence electrons. The highest BCUT2D eigenvalue weighted by atomic mass is 35.7. The van der Waals surface area contributed by atoms with Gasteiger partial charge >= 0.3 is 0 Å². The summed E-state index contributed by atoms with van der Waals surface area (Å²) < 4.78 is 28.1. The fraction of sp³-hybridized carbons (Fsp3) is 0.500. The van der Waals surface area contributed by atoms with Crippen molar-refractivity contribution in [2.45, 2.75) is 32.1 Å². The molecular formula is C14H20ClNO4S. The van der Waals surface area contributed by atoms with E-state index in [2.05, 4.69) is 5.32 Å². The SMILES string of the molecule is CCOc1ccc(S(=O)(=O)Cl)cc1C(=O)NCC(C)CC. The summed E-state index contributed by atoms with van der Waals surface area (Å²) in [5, 5.41) is 2.77. The summed E-state index contributed by atoms with van der Waals surface area (Å²) in [6, 6.07) is 4.00. The number of amides is 1. The van der Waals surface area contributed by atoms with E-state index in [1.807, 2.05) is 13.8 Å². The molecule has 1 unspecified atom stereocenters. The molecule has 0 fully saturated rings. The number of ether oxygens (including phenoxy) is 1. The van der Waals surface area contributed by atoms with Crippen LogP contribution in [0.1, 0.15) is 37.6 Å². The lowest BCUT2D eigenvalue weighted by Gasteiger charge is -2.13. The molecule has 21 heavy (non-hydrogen) atoms. The van der Waals surface area contributed by atoms with Crippen LogP contribution in [0.4, 0.5) is 0 Å². The van der Waals surface area contributed by atoms with Crippen LogP contribution >= 0.6 is 10.7 Å². The van der Waals surface area contributed by atoms with Gasteiger partial charge in [-0.25, -0.2) is 8.42 Å². The maximum absolute atomic E-state index is 12.2. The number of hydrogen-bond acceptors (Lipinski definition) is 4. The van der Waals surface area contributed by atoms with Gasteiger partial charge in [0.25, 0.3) is 15.0 Å². The molecule has 7 heteroatoms. The van der Waals surface area contributed by atoms with E-state index in [9.17, 15) is 13.2 Å². The van der Waals surface area contributed by atoms with E-state index < -0.39 is 9.05 Å². The summed E-state index contributed by atoms with van der Waals surface area (Å²) in [4.78, 5) is 12.1. The zero-order chi connectivity index (χ0) is 16.0. The van der Waals surface area contributed by atoms with Crippen molar-refractivity contribution >= 4 is 25.6 Å². The highest BCUT2D eigenvalue weighted by molar-refractivity contribution is 8.13. The normalized spacial score (nSPS) is 12.8. The average Bonchev–Trinajstić information content (AvgIpc) is 2.43. The minimum Gasteiger partial charge on any atom is -0.493 e. The third kappa shape index (κ3) is 5.21. The van der Waals surface area contributed by atoms with Crippen molar-refractivity contribution in [3.8, 4) is 5.75 Å². The van der Waals surface area contributed by atoms with E-state index in [1.54, 1.807) is 6.92 Å². The standard InChI is InChI=1S/C14H20ClNO4S/c1-4-10(3)9-16-14(17)12-8-11(21(15,18)19)6-7-13(12)20-5-2/h6-8,10H,4-5,9H2,1-3H3,(H,16,17). The Bertz CT molecular complexity index is 601. The molecule has 0 aromatic heterocycles. The summed E-state index contributed by atoms with van der Waals surface area (Å²) in [6.45, 7) is 6.72. The molecule has 0 radical (unpaired) electrons. The number of rotatable bonds is 7. The molecule has 1 amide bonds. The van der Waals surface area contributed by atoms with Crippen LogP contribution in [0.2, 0.25) is 0 Å². The molecule has 0 aliphatic carbocycles. The van der Waals surface area contributed by atoms with Gasteiger partial charge < -0.3 is 10.1 Å². The van der Waals surface area contributed by atoms with Gasteiger partial charge in [-0.2, -0.15) is 0 Å². The molecule has 0 spiro atoms. The number of carbonyl (C=O) groups is 1. The Hall–Kier alpha value is -1.27. The molecule has 0 saturated heterocycles. The van der Waals surface area contributed by atoms with E-state index in [1.165, 1.54) is 18.2 Å². The van der Waals surface area contributed by atoms with Crippen LogP contribution in [0.5, 0.6) is 5.75 Å². The molecule has 1 rings (SSSR count). The average molecular weight is 334 g/mol. The summed E-state index contributed by atoms with van der Waals surface area (Å²) in [5.74, 6) is 0.300. The Morgan fingerprint density at radius 3 is 2.57 bits per heavy atom. The van der Waals surface area contributed by atoms with Gasteiger partial charge in [-0.3, -0.25) is 4.79 Å². The molecule has 1 N–H and O–H groups in total. The van der Waals surface area contributed by atoms with Gasteiger partial charge in [-0.15, -0.1) is 0 Å². The monoisotopic (exact) mass is 333 g/mol. The third-order valence-corrected chi connectivity index (χ3v) is 4.44. The highest BCUT2D eigenvalue weighted by Gasteiger charge is 2.18. The molecule has 1 aromatic rings. The van der Waals surface area contributed by atoms with Crippen LogP contribution in [-0.2, 0) is 9.05 Å². The van der Waals surface area contributed by atoms with Crippen molar-refractivity contribution < 1.29 is 17.9 Å². The lowest BCUT2D eigenvalue weighted by molar-refractivity contribution is 0.0944. The lowest BCUT2D eigenvalue weighted by atomic mass is 10.1. The molecule has 0 bridgehead atoms. The number of halogens is 1. The zero-order valence-corrected chi connectivity index (χ0v) is 13.9. The quantitative estimate of drug-likeness (QED) is 0.779. The van der Waals surface area contributed by atoms with E-state index in [0.29, 0.717) is 24.8 Å². The predicted molar refractivity (Wildman–Crippen MR) is 82.4 cm³/mol. The van der Waals surface area contributed by atoms with Crippen LogP contribution in [0, 0.1) is 5.92 Å². The zero-order valence-electron chi connectivity index (χ0n) is 12.3. The van der Waals surface area contributed by atoms with E-state index in [0.717, 1.165) is 6.42 Å². The van der Waals surface area contributed by atoms with Crippen LogP contribution in [0.15, 0.2) is 23.1 Å². The first-order chi connectivity index (χ1) is 9.79. The summed E-state index contributed by atoms with van der Waals surface area (Å²) >= 11 is 0. The Morgan fingerprint density at radius 1 is 1.38 bits per heavy atom. The van der Waals surface area contributed by atoms with E-state index in [-0.39, 0.29) is 16.4 Å². The van der Waals surface area contributed by atoms with Crippen molar-refractivity contribution in [1.29, 1.82) is 0 Å². The van der Waals surface area contributed by atoms with Crippen LogP contribution in [0.25, 0.3) is 0 Å². The first-order valence-electron chi connectivity index (χ1n) is 6.79. The van der Waals surface area contributed by atoms with Gasteiger partial charge in [0, 0.05) is 17.2 Å². The number of benzene rings is 1. The molecule has 1 atom stereocenters.